The zero-order valence-electron chi connectivity index (χ0n) is 41.3. The zero-order valence-corrected chi connectivity index (χ0v) is 41.3. The monoisotopic (exact) mass is 1030 g/mol. The molecule has 2 aliphatic rings. The average Bonchev–Trinajstić information content (AvgIpc) is 3.82. The molecule has 0 radical (unpaired) electrons. The number of unbranched alkanes of at least 4 members (excludes halogenated alkanes) is 3. The van der Waals surface area contributed by atoms with E-state index < -0.39 is 164 Å². The summed E-state index contributed by atoms with van der Waals surface area (Å²) in [5, 5.41) is 37.0. The second-order valence-corrected chi connectivity index (χ2v) is 18.6. The van der Waals surface area contributed by atoms with Gasteiger partial charge in [0.15, 0.2) is 0 Å². The van der Waals surface area contributed by atoms with E-state index in [1.165, 1.54) is 24.3 Å². The number of fused-ring (bicyclic) bond motifs is 1. The van der Waals surface area contributed by atoms with E-state index in [0.29, 0.717) is 24.3 Å². The lowest BCUT2D eigenvalue weighted by Gasteiger charge is -2.30. The van der Waals surface area contributed by atoms with Crippen LogP contribution in [0.3, 0.4) is 0 Å². The van der Waals surface area contributed by atoms with Gasteiger partial charge in [0, 0.05) is 31.8 Å². The number of phenolic OH excluding ortho intramolecular Hbond substituents is 1. The lowest BCUT2D eigenvalue weighted by molar-refractivity contribution is -0.143. The predicted molar refractivity (Wildman–Crippen MR) is 259 cm³/mol. The Morgan fingerprint density at radius 3 is 1.71 bits per heavy atom. The number of hydrogen-bond donors (Lipinski definition) is 13. The summed E-state index contributed by atoms with van der Waals surface area (Å²) >= 11 is 0. The molecule has 17 N–H and O–H groups in total. The summed E-state index contributed by atoms with van der Waals surface area (Å²) in [7, 11) is 0. The maximum atomic E-state index is 14.2. The molecule has 2 saturated heterocycles. The van der Waals surface area contributed by atoms with Gasteiger partial charge >= 0.3 is 0 Å². The van der Waals surface area contributed by atoms with E-state index in [9.17, 15) is 67.7 Å². The molecule has 2 aliphatic heterocycles. The van der Waals surface area contributed by atoms with Gasteiger partial charge in [-0.2, -0.15) is 0 Å². The quantitative estimate of drug-likeness (QED) is 0.0554. The van der Waals surface area contributed by atoms with Crippen molar-refractivity contribution in [2.75, 3.05) is 13.2 Å². The van der Waals surface area contributed by atoms with Gasteiger partial charge in [0.2, 0.25) is 70.9 Å². The minimum Gasteiger partial charge on any atom is -0.508 e. The second-order valence-electron chi connectivity index (χ2n) is 18.6. The fraction of sp³-hybridized carbons (Fsp3) is 0.617. The van der Waals surface area contributed by atoms with E-state index in [4.69, 9.17) is 22.9 Å². The molecule has 0 aliphatic carbocycles. The number of carbonyl (C=O) groups is 12. The SMILES string of the molecule is CCC(C)CCCCCCC1CC(=O)NC(CC(N)=O)C(=O)NC(Cc2ccc(O)cc2)C(=O)NC(CC(N)=O)C(=O)NC(CCC(N)=O)C(=O)NC(CO)C(=O)NC(CC(N)=O)C(=O)N2CCCC2C(=O)N1. The van der Waals surface area contributed by atoms with Gasteiger partial charge in [0.25, 0.3) is 0 Å². The topological polar surface area (TPSA) is 437 Å². The van der Waals surface area contributed by atoms with E-state index in [-0.39, 0.29) is 31.6 Å². The molecule has 2 heterocycles. The number of aliphatic hydroxyl groups excluding tert-OH is 1. The first-order valence-electron chi connectivity index (χ1n) is 24.5. The van der Waals surface area contributed by atoms with Crippen molar-refractivity contribution in [3.05, 3.63) is 29.8 Å². The van der Waals surface area contributed by atoms with Gasteiger partial charge in [-0.1, -0.05) is 64.5 Å². The number of rotatable bonds is 20. The Kier molecular flexibility index (Phi) is 24.5. The number of carbonyl (C=O) groups excluding carboxylic acids is 12. The Labute approximate surface area is 422 Å². The Morgan fingerprint density at radius 1 is 0.616 bits per heavy atom. The number of nitrogens with zero attached hydrogens (tertiary/aromatic N) is 1. The Hall–Kier alpha value is -7.38. The van der Waals surface area contributed by atoms with Gasteiger partial charge in [-0.05, 0) is 49.3 Å². The summed E-state index contributed by atoms with van der Waals surface area (Å²) in [6, 6.07) is -7.40. The highest BCUT2D eigenvalue weighted by atomic mass is 16.3. The summed E-state index contributed by atoms with van der Waals surface area (Å²) in [5.74, 6) is -12.2. The van der Waals surface area contributed by atoms with Gasteiger partial charge in [-0.25, -0.2) is 0 Å². The van der Waals surface area contributed by atoms with Crippen LogP contribution in [0.1, 0.15) is 116 Å². The number of nitrogens with one attached hydrogen (secondary N) is 7. The number of benzene rings is 1. The smallest absolute Gasteiger partial charge is 0.246 e. The van der Waals surface area contributed by atoms with Crippen LogP contribution in [0, 0.1) is 5.92 Å². The van der Waals surface area contributed by atoms with Gasteiger partial charge in [-0.15, -0.1) is 0 Å². The molecule has 26 nitrogen and oxygen atoms in total. The van der Waals surface area contributed by atoms with E-state index in [0.717, 1.165) is 37.0 Å². The highest BCUT2D eigenvalue weighted by Crippen LogP contribution is 2.21. The normalized spacial score (nSPS) is 24.7. The number of primary amides is 4. The molecule has 2 fully saturated rings. The van der Waals surface area contributed by atoms with Crippen LogP contribution in [0.4, 0.5) is 0 Å². The molecule has 1 aromatic rings. The molecule has 26 heteroatoms. The molecule has 0 spiro atoms. The van der Waals surface area contributed by atoms with Gasteiger partial charge < -0.3 is 75.3 Å². The van der Waals surface area contributed by atoms with Crippen molar-refractivity contribution in [2.45, 2.75) is 165 Å². The van der Waals surface area contributed by atoms with Crippen molar-refractivity contribution in [3.8, 4) is 5.75 Å². The molecule has 0 bridgehead atoms. The maximum Gasteiger partial charge on any atom is 0.246 e. The molecule has 12 amide bonds. The summed E-state index contributed by atoms with van der Waals surface area (Å²) < 4.78 is 0. The van der Waals surface area contributed by atoms with Crippen LogP contribution in [-0.2, 0) is 64.0 Å². The molecular weight excluding hydrogens is 957 g/mol. The van der Waals surface area contributed by atoms with Crippen molar-refractivity contribution in [1.29, 1.82) is 0 Å². The Morgan fingerprint density at radius 2 is 1.12 bits per heavy atom. The van der Waals surface area contributed by atoms with Gasteiger partial charge in [0.1, 0.15) is 48.0 Å². The molecule has 3 rings (SSSR count). The minimum absolute atomic E-state index is 0.0173. The first-order valence-corrected chi connectivity index (χ1v) is 24.5. The van der Waals surface area contributed by atoms with Crippen LogP contribution < -0.4 is 60.2 Å². The van der Waals surface area contributed by atoms with E-state index in [1.807, 2.05) is 0 Å². The van der Waals surface area contributed by atoms with Gasteiger partial charge in [-0.3, -0.25) is 57.5 Å². The molecule has 0 aromatic heterocycles. The van der Waals surface area contributed by atoms with Crippen LogP contribution in [0.2, 0.25) is 0 Å². The van der Waals surface area contributed by atoms with Crippen LogP contribution in [0.15, 0.2) is 24.3 Å². The summed E-state index contributed by atoms with van der Waals surface area (Å²) in [6.07, 6.45) is 1.42. The number of phenols is 1. The number of aromatic hydroxyl groups is 1. The molecule has 1 aromatic carbocycles. The maximum absolute atomic E-state index is 14.2. The predicted octanol–water partition coefficient (Wildman–Crippen LogP) is -4.01. The van der Waals surface area contributed by atoms with Crippen molar-refractivity contribution < 1.29 is 67.7 Å². The first kappa shape index (κ1) is 59.9. The van der Waals surface area contributed by atoms with E-state index in [2.05, 4.69) is 51.1 Å². The third-order valence-corrected chi connectivity index (χ3v) is 12.6. The molecule has 9 unspecified atom stereocenters. The fourth-order valence-electron chi connectivity index (χ4n) is 8.35. The average molecular weight is 1030 g/mol. The van der Waals surface area contributed by atoms with Crippen molar-refractivity contribution in [1.82, 2.24) is 42.1 Å². The highest BCUT2D eigenvalue weighted by Gasteiger charge is 2.40. The molecular formula is C47H72N12O14. The molecule has 0 saturated carbocycles. The summed E-state index contributed by atoms with van der Waals surface area (Å²) in [5.41, 5.74) is 22.1. The number of amides is 12. The minimum atomic E-state index is -1.90. The Balaban J connectivity index is 2.15. The molecule has 73 heavy (non-hydrogen) atoms. The van der Waals surface area contributed by atoms with Crippen molar-refractivity contribution in [3.63, 3.8) is 0 Å². The van der Waals surface area contributed by atoms with E-state index in [1.54, 1.807) is 0 Å². The number of aliphatic hydroxyl groups is 1. The number of hydrogen-bond acceptors (Lipinski definition) is 14. The Bertz CT molecular complexity index is 2160. The van der Waals surface area contributed by atoms with Crippen molar-refractivity contribution in [2.24, 2.45) is 28.9 Å². The van der Waals surface area contributed by atoms with Crippen LogP contribution in [0.25, 0.3) is 0 Å². The third-order valence-electron chi connectivity index (χ3n) is 12.6. The molecule has 9 atom stereocenters. The van der Waals surface area contributed by atoms with Gasteiger partial charge in [0.05, 0.1) is 25.9 Å². The summed E-state index contributed by atoms with van der Waals surface area (Å²) in [6.45, 7) is 3.12. The van der Waals surface area contributed by atoms with Crippen LogP contribution in [-0.4, -0.2) is 147 Å². The third kappa shape index (κ3) is 20.7. The molecule has 404 valence electrons. The standard InChI is InChI=1S/C47H72N12O14/c1-3-25(2)9-6-4-5-7-10-27-20-40(66)53-31(21-37(49)63)43(69)55-30(19-26-12-14-28(61)15-13-26)42(68)56-32(22-38(50)64)44(70)54-29(16-17-36(48)62)41(67)58-34(24-60)45(71)57-33(23-39(51)65)47(73)59-18-8-11-35(59)46(72)52-27/h12-15,25,27,29-35,60-61H,3-11,16-24H2,1-2H3,(H2,48,62)(H2,49,63)(H2,50,64)(H2,51,65)(H,52,72)(H,53,66)(H,54,70)(H,55,69)(H,56,68)(H,57,71)(H,58,67). The van der Waals surface area contributed by atoms with Crippen molar-refractivity contribution >= 4 is 70.9 Å². The second kappa shape index (κ2) is 29.8. The summed E-state index contributed by atoms with van der Waals surface area (Å²) in [4.78, 5) is 162. The fourth-order valence-corrected chi connectivity index (χ4v) is 8.35. The zero-order chi connectivity index (χ0) is 54.4. The van der Waals surface area contributed by atoms with Crippen LogP contribution in [0.5, 0.6) is 5.75 Å². The number of nitrogens with two attached hydrogens (primary N) is 4. The lowest BCUT2D eigenvalue weighted by Crippen LogP contribution is -2.61. The first-order chi connectivity index (χ1) is 34.5. The highest BCUT2D eigenvalue weighted by molar-refractivity contribution is 6.00. The van der Waals surface area contributed by atoms with E-state index >= 15 is 0 Å². The van der Waals surface area contributed by atoms with Crippen LogP contribution >= 0.6 is 0 Å². The largest absolute Gasteiger partial charge is 0.508 e. The lowest BCUT2D eigenvalue weighted by atomic mass is 9.98.